The zero-order valence-corrected chi connectivity index (χ0v) is 11.4. The van der Waals surface area contributed by atoms with Crippen molar-refractivity contribution >= 4 is 6.09 Å². The summed E-state index contributed by atoms with van der Waals surface area (Å²) in [5, 5.41) is 2.85. The summed E-state index contributed by atoms with van der Waals surface area (Å²) >= 11 is 0. The van der Waals surface area contributed by atoms with E-state index in [-0.39, 0.29) is 11.5 Å². The molecule has 1 saturated carbocycles. The molecule has 1 amide bonds. The number of amides is 1. The molecule has 0 atom stereocenters. The fourth-order valence-electron chi connectivity index (χ4n) is 2.04. The molecule has 2 rings (SSSR count). The van der Waals surface area contributed by atoms with Crippen LogP contribution in [0, 0.1) is 5.41 Å². The number of hydrogen-bond acceptors (Lipinski definition) is 3. The van der Waals surface area contributed by atoms with E-state index in [9.17, 15) is 4.79 Å². The van der Waals surface area contributed by atoms with Crippen LogP contribution in [0.5, 0.6) is 0 Å². The molecule has 0 bridgehead atoms. The predicted molar refractivity (Wildman–Crippen MR) is 72.8 cm³/mol. The Balaban J connectivity index is 1.65. The van der Waals surface area contributed by atoms with E-state index in [1.165, 1.54) is 0 Å². The monoisotopic (exact) mass is 263 g/mol. The first-order valence-electron chi connectivity index (χ1n) is 6.68. The lowest BCUT2D eigenvalue weighted by Crippen LogP contribution is -2.31. The molecule has 1 aromatic rings. The minimum absolute atomic E-state index is 0.252. The van der Waals surface area contributed by atoms with Crippen LogP contribution in [0.1, 0.15) is 24.8 Å². The first-order chi connectivity index (χ1) is 9.24. The van der Waals surface area contributed by atoms with Crippen molar-refractivity contribution in [3.8, 4) is 0 Å². The standard InChI is InChI=1S/C15H21NO3/c1-18-10-9-15(7-8-15)12-16-14(17)19-11-13-5-3-2-4-6-13/h2-6H,7-12H2,1H3,(H,16,17). The van der Waals surface area contributed by atoms with E-state index >= 15 is 0 Å². The first-order valence-corrected chi connectivity index (χ1v) is 6.68. The highest BCUT2D eigenvalue weighted by Crippen LogP contribution is 2.48. The molecule has 0 spiro atoms. The number of nitrogens with one attached hydrogen (secondary N) is 1. The third kappa shape index (κ3) is 4.56. The van der Waals surface area contributed by atoms with Crippen LogP contribution in [0.15, 0.2) is 30.3 Å². The van der Waals surface area contributed by atoms with E-state index in [2.05, 4.69) is 5.32 Å². The zero-order valence-electron chi connectivity index (χ0n) is 11.4. The Labute approximate surface area is 114 Å². The van der Waals surface area contributed by atoms with Crippen LogP contribution in [0.25, 0.3) is 0 Å². The molecule has 0 heterocycles. The highest BCUT2D eigenvalue weighted by Gasteiger charge is 2.42. The molecule has 104 valence electrons. The van der Waals surface area contributed by atoms with Crippen molar-refractivity contribution in [2.24, 2.45) is 5.41 Å². The molecular weight excluding hydrogens is 242 g/mol. The molecule has 0 unspecified atom stereocenters. The van der Waals surface area contributed by atoms with Gasteiger partial charge in [-0.3, -0.25) is 0 Å². The van der Waals surface area contributed by atoms with Gasteiger partial charge in [0.2, 0.25) is 0 Å². The zero-order chi connectivity index (χ0) is 13.6. The van der Waals surface area contributed by atoms with Gasteiger partial charge in [0.1, 0.15) is 6.61 Å². The number of ether oxygens (including phenoxy) is 2. The second-order valence-corrected chi connectivity index (χ2v) is 5.16. The maximum atomic E-state index is 11.6. The Morgan fingerprint density at radius 3 is 2.68 bits per heavy atom. The molecule has 0 aromatic heterocycles. The number of methoxy groups -OCH3 is 1. The van der Waals surface area contributed by atoms with E-state index in [4.69, 9.17) is 9.47 Å². The summed E-state index contributed by atoms with van der Waals surface area (Å²) in [6.45, 7) is 1.75. The van der Waals surface area contributed by atoms with Crippen LogP contribution in [0.4, 0.5) is 4.79 Å². The first kappa shape index (κ1) is 13.9. The summed E-state index contributed by atoms with van der Waals surface area (Å²) in [5.41, 5.74) is 1.25. The van der Waals surface area contributed by atoms with Crippen molar-refractivity contribution in [2.75, 3.05) is 20.3 Å². The Morgan fingerprint density at radius 1 is 1.32 bits per heavy atom. The Kier molecular flexibility index (Phi) is 4.80. The Hall–Kier alpha value is -1.55. The van der Waals surface area contributed by atoms with Crippen molar-refractivity contribution in [1.82, 2.24) is 5.32 Å². The van der Waals surface area contributed by atoms with Crippen molar-refractivity contribution in [3.63, 3.8) is 0 Å². The van der Waals surface area contributed by atoms with Gasteiger partial charge in [0, 0.05) is 20.3 Å². The van der Waals surface area contributed by atoms with Gasteiger partial charge in [0.25, 0.3) is 0 Å². The molecule has 4 heteroatoms. The number of rotatable bonds is 7. The van der Waals surface area contributed by atoms with Crippen LogP contribution in [0.3, 0.4) is 0 Å². The minimum atomic E-state index is -0.340. The molecule has 0 radical (unpaired) electrons. The lowest BCUT2D eigenvalue weighted by Gasteiger charge is -2.15. The average molecular weight is 263 g/mol. The second kappa shape index (κ2) is 6.57. The number of hydrogen-bond donors (Lipinski definition) is 1. The average Bonchev–Trinajstić information content (AvgIpc) is 3.22. The molecule has 1 aliphatic carbocycles. The summed E-state index contributed by atoms with van der Waals surface area (Å²) in [6, 6.07) is 9.68. The van der Waals surface area contributed by atoms with Crippen molar-refractivity contribution < 1.29 is 14.3 Å². The van der Waals surface area contributed by atoms with Crippen molar-refractivity contribution in [1.29, 1.82) is 0 Å². The molecule has 0 saturated heterocycles. The normalized spacial score (nSPS) is 15.8. The highest BCUT2D eigenvalue weighted by atomic mass is 16.5. The molecule has 1 fully saturated rings. The predicted octanol–water partition coefficient (Wildman–Crippen LogP) is 2.73. The number of benzene rings is 1. The lowest BCUT2D eigenvalue weighted by atomic mass is 10.0. The van der Waals surface area contributed by atoms with Crippen LogP contribution in [0.2, 0.25) is 0 Å². The third-order valence-corrected chi connectivity index (χ3v) is 3.61. The molecule has 1 aromatic carbocycles. The van der Waals surface area contributed by atoms with Gasteiger partial charge in [-0.2, -0.15) is 0 Å². The van der Waals surface area contributed by atoms with Gasteiger partial charge < -0.3 is 14.8 Å². The summed E-state index contributed by atoms with van der Waals surface area (Å²) in [4.78, 5) is 11.6. The van der Waals surface area contributed by atoms with Gasteiger partial charge >= 0.3 is 6.09 Å². The highest BCUT2D eigenvalue weighted by molar-refractivity contribution is 5.67. The van der Waals surface area contributed by atoms with Crippen molar-refractivity contribution in [2.45, 2.75) is 25.9 Å². The quantitative estimate of drug-likeness (QED) is 0.822. The van der Waals surface area contributed by atoms with E-state index < -0.39 is 0 Å². The fourth-order valence-corrected chi connectivity index (χ4v) is 2.04. The minimum Gasteiger partial charge on any atom is -0.445 e. The summed E-state index contributed by atoms with van der Waals surface area (Å²) in [7, 11) is 1.71. The Morgan fingerprint density at radius 2 is 2.05 bits per heavy atom. The number of alkyl carbamates (subject to hydrolysis) is 1. The van der Waals surface area contributed by atoms with Crippen LogP contribution in [-0.2, 0) is 16.1 Å². The molecule has 1 N–H and O–H groups in total. The second-order valence-electron chi connectivity index (χ2n) is 5.16. The van der Waals surface area contributed by atoms with Gasteiger partial charge in [-0.05, 0) is 30.2 Å². The molecule has 1 aliphatic rings. The maximum Gasteiger partial charge on any atom is 0.407 e. The number of carbonyl (C=O) groups excluding carboxylic acids is 1. The van der Waals surface area contributed by atoms with E-state index in [1.54, 1.807) is 7.11 Å². The Bertz CT molecular complexity index is 401. The SMILES string of the molecule is COCCC1(CNC(=O)OCc2ccccc2)CC1. The van der Waals surface area contributed by atoms with Crippen LogP contribution in [-0.4, -0.2) is 26.4 Å². The topological polar surface area (TPSA) is 47.6 Å². The van der Waals surface area contributed by atoms with Gasteiger partial charge in [-0.25, -0.2) is 4.79 Å². The molecular formula is C15H21NO3. The van der Waals surface area contributed by atoms with E-state index in [0.717, 1.165) is 31.4 Å². The number of carbonyl (C=O) groups is 1. The van der Waals surface area contributed by atoms with Crippen molar-refractivity contribution in [3.05, 3.63) is 35.9 Å². The summed E-state index contributed by atoms with van der Waals surface area (Å²) in [5.74, 6) is 0. The molecule has 0 aliphatic heterocycles. The summed E-state index contributed by atoms with van der Waals surface area (Å²) in [6.07, 6.45) is 2.99. The third-order valence-electron chi connectivity index (χ3n) is 3.61. The van der Waals surface area contributed by atoms with E-state index in [0.29, 0.717) is 13.2 Å². The van der Waals surface area contributed by atoms with Crippen LogP contribution < -0.4 is 5.32 Å². The lowest BCUT2D eigenvalue weighted by molar-refractivity contribution is 0.133. The molecule has 4 nitrogen and oxygen atoms in total. The van der Waals surface area contributed by atoms with Gasteiger partial charge in [-0.15, -0.1) is 0 Å². The van der Waals surface area contributed by atoms with Gasteiger partial charge in [0.05, 0.1) is 0 Å². The fraction of sp³-hybridized carbons (Fsp3) is 0.533. The smallest absolute Gasteiger partial charge is 0.407 e. The largest absolute Gasteiger partial charge is 0.445 e. The van der Waals surface area contributed by atoms with Gasteiger partial charge in [0.15, 0.2) is 0 Å². The van der Waals surface area contributed by atoms with Crippen LogP contribution >= 0.6 is 0 Å². The maximum absolute atomic E-state index is 11.6. The van der Waals surface area contributed by atoms with Gasteiger partial charge in [-0.1, -0.05) is 30.3 Å². The van der Waals surface area contributed by atoms with E-state index in [1.807, 2.05) is 30.3 Å². The molecule has 19 heavy (non-hydrogen) atoms. The summed E-state index contributed by atoms with van der Waals surface area (Å²) < 4.78 is 10.3.